The number of aromatic nitrogens is 5. The Hall–Kier alpha value is -1.69. The van der Waals surface area contributed by atoms with Gasteiger partial charge >= 0.3 is 0 Å². The molecule has 2 aromatic rings. The summed E-state index contributed by atoms with van der Waals surface area (Å²) in [6, 6.07) is 1.87. The van der Waals surface area contributed by atoms with Crippen molar-refractivity contribution in [1.82, 2.24) is 24.7 Å². The fourth-order valence-electron chi connectivity index (χ4n) is 1.28. The fraction of sp³-hybridized carbons (Fsp3) is 0.400. The molecule has 0 aliphatic rings. The molecule has 2 aromatic heterocycles. The van der Waals surface area contributed by atoms with Crippen molar-refractivity contribution in [3.05, 3.63) is 23.2 Å². The van der Waals surface area contributed by atoms with E-state index in [1.807, 2.05) is 13.0 Å². The monoisotopic (exact) mass is 252 g/mol. The van der Waals surface area contributed by atoms with Gasteiger partial charge in [0.15, 0.2) is 0 Å². The van der Waals surface area contributed by atoms with Gasteiger partial charge in [-0.2, -0.15) is 20.1 Å². The van der Waals surface area contributed by atoms with E-state index in [9.17, 15) is 0 Å². The summed E-state index contributed by atoms with van der Waals surface area (Å²) in [6.07, 6.45) is 2.77. The van der Waals surface area contributed by atoms with Gasteiger partial charge in [-0.05, 0) is 31.0 Å². The molecule has 7 heteroatoms. The van der Waals surface area contributed by atoms with Crippen LogP contribution in [0.1, 0.15) is 19.0 Å². The third-order valence-corrected chi connectivity index (χ3v) is 2.23. The van der Waals surface area contributed by atoms with Crippen LogP contribution < -0.4 is 5.32 Å². The molecule has 0 aromatic carbocycles. The molecule has 0 fully saturated rings. The van der Waals surface area contributed by atoms with Gasteiger partial charge in [-0.3, -0.25) is 0 Å². The smallest absolute Gasteiger partial charge is 0.256 e. The number of nitrogens with zero attached hydrogens (tertiary/aromatic N) is 5. The molecule has 2 heterocycles. The zero-order chi connectivity index (χ0) is 12.3. The first kappa shape index (κ1) is 11.8. The normalized spacial score (nSPS) is 10.5. The highest BCUT2D eigenvalue weighted by atomic mass is 35.5. The molecular weight excluding hydrogens is 240 g/mol. The van der Waals surface area contributed by atoms with Crippen LogP contribution in [0.25, 0.3) is 5.95 Å². The Kier molecular flexibility index (Phi) is 3.53. The Morgan fingerprint density at radius 3 is 2.82 bits per heavy atom. The molecule has 0 saturated carbocycles. The van der Waals surface area contributed by atoms with Gasteiger partial charge in [0, 0.05) is 12.7 Å². The Balaban J connectivity index is 2.31. The first-order chi connectivity index (χ1) is 8.19. The zero-order valence-electron chi connectivity index (χ0n) is 9.68. The number of halogens is 1. The maximum absolute atomic E-state index is 5.84. The summed E-state index contributed by atoms with van der Waals surface area (Å²) in [5, 5.41) is 7.44. The average Bonchev–Trinajstić information content (AvgIpc) is 2.72. The third-order valence-electron chi connectivity index (χ3n) is 2.06. The SMILES string of the molecule is CCCNc1nc(Cl)nc(-n2ccc(C)n2)n1. The molecule has 6 nitrogen and oxygen atoms in total. The van der Waals surface area contributed by atoms with Crippen molar-refractivity contribution in [2.45, 2.75) is 20.3 Å². The molecular formula is C10H13ClN6. The van der Waals surface area contributed by atoms with E-state index in [4.69, 9.17) is 11.6 Å². The lowest BCUT2D eigenvalue weighted by Crippen LogP contribution is -2.10. The van der Waals surface area contributed by atoms with Gasteiger partial charge in [-0.1, -0.05) is 6.92 Å². The van der Waals surface area contributed by atoms with E-state index < -0.39 is 0 Å². The lowest BCUT2D eigenvalue weighted by Gasteiger charge is -2.05. The number of hydrogen-bond donors (Lipinski definition) is 1. The minimum absolute atomic E-state index is 0.154. The highest BCUT2D eigenvalue weighted by Crippen LogP contribution is 2.09. The number of rotatable bonds is 4. The average molecular weight is 253 g/mol. The summed E-state index contributed by atoms with van der Waals surface area (Å²) in [6.45, 7) is 4.75. The second-order valence-corrected chi connectivity index (χ2v) is 3.89. The maximum atomic E-state index is 5.84. The van der Waals surface area contributed by atoms with Gasteiger partial charge in [-0.25, -0.2) is 4.68 Å². The topological polar surface area (TPSA) is 68.5 Å². The summed E-state index contributed by atoms with van der Waals surface area (Å²) < 4.78 is 1.57. The Morgan fingerprint density at radius 2 is 2.18 bits per heavy atom. The largest absolute Gasteiger partial charge is 0.354 e. The predicted molar refractivity (Wildman–Crippen MR) is 65.5 cm³/mol. The van der Waals surface area contributed by atoms with Crippen LogP contribution in [0.2, 0.25) is 5.28 Å². The molecule has 0 unspecified atom stereocenters. The standard InChI is InChI=1S/C10H13ClN6/c1-3-5-12-9-13-8(11)14-10(15-9)17-6-4-7(2)16-17/h4,6H,3,5H2,1-2H3,(H,12,13,14,15). The molecule has 0 aliphatic heterocycles. The third kappa shape index (κ3) is 2.91. The first-order valence-corrected chi connectivity index (χ1v) is 5.75. The van der Waals surface area contributed by atoms with Crippen LogP contribution in [-0.4, -0.2) is 31.3 Å². The van der Waals surface area contributed by atoms with Crippen LogP contribution in [0, 0.1) is 6.92 Å². The second-order valence-electron chi connectivity index (χ2n) is 3.56. The van der Waals surface area contributed by atoms with Crippen molar-refractivity contribution in [2.75, 3.05) is 11.9 Å². The van der Waals surface area contributed by atoms with Gasteiger partial charge in [0.1, 0.15) is 0 Å². The quantitative estimate of drug-likeness (QED) is 0.899. The summed E-state index contributed by atoms with van der Waals surface area (Å²) >= 11 is 5.84. The lowest BCUT2D eigenvalue weighted by atomic mass is 10.5. The molecule has 90 valence electrons. The second kappa shape index (κ2) is 5.09. The van der Waals surface area contributed by atoms with Crippen molar-refractivity contribution < 1.29 is 0 Å². The molecule has 0 aliphatic carbocycles. The van der Waals surface area contributed by atoms with Gasteiger partial charge in [0.25, 0.3) is 5.95 Å². The van der Waals surface area contributed by atoms with Crippen molar-refractivity contribution in [3.8, 4) is 5.95 Å². The van der Waals surface area contributed by atoms with E-state index in [0.29, 0.717) is 11.9 Å². The highest BCUT2D eigenvalue weighted by molar-refractivity contribution is 6.28. The Morgan fingerprint density at radius 1 is 1.35 bits per heavy atom. The summed E-state index contributed by atoms with van der Waals surface area (Å²) in [5.74, 6) is 0.881. The predicted octanol–water partition coefficient (Wildman–Crippen LogP) is 1.84. The molecule has 2 rings (SSSR count). The van der Waals surface area contributed by atoms with E-state index in [2.05, 4.69) is 32.3 Å². The van der Waals surface area contributed by atoms with Gasteiger partial charge < -0.3 is 5.32 Å². The van der Waals surface area contributed by atoms with Crippen molar-refractivity contribution in [1.29, 1.82) is 0 Å². The summed E-state index contributed by atoms with van der Waals surface area (Å²) in [4.78, 5) is 12.3. The molecule has 0 atom stereocenters. The number of aryl methyl sites for hydroxylation is 1. The van der Waals surface area contributed by atoms with Crippen LogP contribution in [-0.2, 0) is 0 Å². The lowest BCUT2D eigenvalue weighted by molar-refractivity contribution is 0.784. The van der Waals surface area contributed by atoms with Crippen LogP contribution in [0.15, 0.2) is 12.3 Å². The first-order valence-electron chi connectivity index (χ1n) is 5.37. The molecule has 0 saturated heterocycles. The van der Waals surface area contributed by atoms with E-state index in [1.54, 1.807) is 10.9 Å². The number of hydrogen-bond acceptors (Lipinski definition) is 5. The van der Waals surface area contributed by atoms with Gasteiger partial charge in [0.05, 0.1) is 5.69 Å². The maximum Gasteiger partial charge on any atom is 0.256 e. The van der Waals surface area contributed by atoms with Crippen LogP contribution in [0.3, 0.4) is 0 Å². The highest BCUT2D eigenvalue weighted by Gasteiger charge is 2.07. The summed E-state index contributed by atoms with van der Waals surface area (Å²) in [7, 11) is 0. The van der Waals surface area contributed by atoms with Crippen molar-refractivity contribution >= 4 is 17.5 Å². The van der Waals surface area contributed by atoms with Gasteiger partial charge in [0.2, 0.25) is 11.2 Å². The molecule has 1 N–H and O–H groups in total. The molecule has 0 radical (unpaired) electrons. The van der Waals surface area contributed by atoms with E-state index >= 15 is 0 Å². The van der Waals surface area contributed by atoms with Gasteiger partial charge in [-0.15, -0.1) is 0 Å². The van der Waals surface area contributed by atoms with E-state index in [-0.39, 0.29) is 5.28 Å². The van der Waals surface area contributed by atoms with Crippen molar-refractivity contribution in [3.63, 3.8) is 0 Å². The number of anilines is 1. The van der Waals surface area contributed by atoms with Crippen LogP contribution in [0.5, 0.6) is 0 Å². The van der Waals surface area contributed by atoms with Crippen LogP contribution in [0.4, 0.5) is 5.95 Å². The Bertz CT molecular complexity index is 509. The molecule has 0 spiro atoms. The molecule has 17 heavy (non-hydrogen) atoms. The zero-order valence-corrected chi connectivity index (χ0v) is 10.4. The fourth-order valence-corrected chi connectivity index (χ4v) is 1.44. The Labute approximate surface area is 104 Å². The van der Waals surface area contributed by atoms with Crippen molar-refractivity contribution in [2.24, 2.45) is 0 Å². The number of nitrogens with one attached hydrogen (secondary N) is 1. The molecule has 0 bridgehead atoms. The minimum atomic E-state index is 0.154. The molecule has 0 amide bonds. The minimum Gasteiger partial charge on any atom is -0.354 e. The summed E-state index contributed by atoms with van der Waals surface area (Å²) in [5.41, 5.74) is 0.893. The van der Waals surface area contributed by atoms with E-state index in [0.717, 1.165) is 18.7 Å². The van der Waals surface area contributed by atoms with E-state index in [1.165, 1.54) is 0 Å². The van der Waals surface area contributed by atoms with Crippen LogP contribution >= 0.6 is 11.6 Å².